The Morgan fingerprint density at radius 1 is 1.52 bits per heavy atom. The fourth-order valence-corrected chi connectivity index (χ4v) is 2.88. The minimum Gasteiger partial charge on any atom is -0.481 e. The zero-order chi connectivity index (χ0) is 15.6. The van der Waals surface area contributed by atoms with Crippen molar-refractivity contribution in [2.45, 2.75) is 65.0 Å². The summed E-state index contributed by atoms with van der Waals surface area (Å²) >= 11 is 0. The van der Waals surface area contributed by atoms with Gasteiger partial charge < -0.3 is 9.84 Å². The Bertz CT molecular complexity index is 495. The molecule has 1 aliphatic heterocycles. The summed E-state index contributed by atoms with van der Waals surface area (Å²) in [6.45, 7) is 8.89. The summed E-state index contributed by atoms with van der Waals surface area (Å²) in [6.07, 6.45) is 1.80. The quantitative estimate of drug-likeness (QED) is 0.894. The van der Waals surface area contributed by atoms with Gasteiger partial charge in [-0.1, -0.05) is 20.8 Å². The van der Waals surface area contributed by atoms with E-state index in [1.165, 1.54) is 0 Å². The van der Waals surface area contributed by atoms with E-state index in [1.807, 2.05) is 6.92 Å². The van der Waals surface area contributed by atoms with Gasteiger partial charge in [-0.15, -0.1) is 5.10 Å². The maximum Gasteiger partial charge on any atom is 0.305 e. The van der Waals surface area contributed by atoms with Crippen LogP contribution >= 0.6 is 0 Å². The largest absolute Gasteiger partial charge is 0.481 e. The van der Waals surface area contributed by atoms with Gasteiger partial charge in [-0.2, -0.15) is 0 Å². The average Bonchev–Trinajstić information content (AvgIpc) is 2.93. The molecule has 0 amide bonds. The van der Waals surface area contributed by atoms with Crippen LogP contribution in [-0.4, -0.2) is 44.0 Å². The van der Waals surface area contributed by atoms with Crippen molar-refractivity contribution in [3.63, 3.8) is 0 Å². The van der Waals surface area contributed by atoms with Gasteiger partial charge in [0, 0.05) is 5.92 Å². The molecule has 7 nitrogen and oxygen atoms in total. The van der Waals surface area contributed by atoms with E-state index in [0.29, 0.717) is 13.0 Å². The Kier molecular flexibility index (Phi) is 4.61. The predicted molar refractivity (Wildman–Crippen MR) is 76.0 cm³/mol. The number of hydrogen-bond acceptors (Lipinski definition) is 5. The van der Waals surface area contributed by atoms with Crippen molar-refractivity contribution in [2.24, 2.45) is 5.41 Å². The first-order chi connectivity index (χ1) is 9.76. The van der Waals surface area contributed by atoms with E-state index in [2.05, 4.69) is 36.3 Å². The van der Waals surface area contributed by atoms with E-state index in [9.17, 15) is 9.90 Å². The number of aliphatic carboxylic acids is 1. The third kappa shape index (κ3) is 4.23. The number of hydrogen-bond donors (Lipinski definition) is 1. The van der Waals surface area contributed by atoms with Gasteiger partial charge in [-0.25, -0.2) is 4.68 Å². The van der Waals surface area contributed by atoms with Gasteiger partial charge in [0.2, 0.25) is 0 Å². The van der Waals surface area contributed by atoms with Gasteiger partial charge in [-0.3, -0.25) is 4.79 Å². The van der Waals surface area contributed by atoms with Crippen LogP contribution in [0.1, 0.15) is 64.7 Å². The van der Waals surface area contributed by atoms with Crippen LogP contribution in [-0.2, 0) is 9.53 Å². The number of aromatic nitrogens is 4. The molecule has 0 aliphatic carbocycles. The van der Waals surface area contributed by atoms with Crippen molar-refractivity contribution in [1.82, 2.24) is 20.2 Å². The molecule has 3 unspecified atom stereocenters. The van der Waals surface area contributed by atoms with Crippen molar-refractivity contribution in [2.75, 3.05) is 6.61 Å². The molecule has 2 rings (SSSR count). The van der Waals surface area contributed by atoms with Crippen molar-refractivity contribution in [1.29, 1.82) is 0 Å². The molecule has 2 heterocycles. The Labute approximate surface area is 124 Å². The van der Waals surface area contributed by atoms with Crippen molar-refractivity contribution in [3.8, 4) is 0 Å². The zero-order valence-electron chi connectivity index (χ0n) is 13.1. The zero-order valence-corrected chi connectivity index (χ0v) is 13.1. The standard InChI is InChI=1S/C14H24N4O3/c1-9-5-10(8-21-9)13-15-16-17-18(13)11(6-12(19)20)7-14(2,3)4/h9-11H,5-8H2,1-4H3,(H,19,20). The summed E-state index contributed by atoms with van der Waals surface area (Å²) in [7, 11) is 0. The highest BCUT2D eigenvalue weighted by atomic mass is 16.5. The minimum atomic E-state index is -0.832. The Balaban J connectivity index is 2.23. The fourth-order valence-electron chi connectivity index (χ4n) is 2.88. The molecule has 0 aromatic carbocycles. The molecule has 0 saturated carbocycles. The van der Waals surface area contributed by atoms with E-state index in [-0.39, 0.29) is 29.9 Å². The molecular formula is C14H24N4O3. The molecule has 3 atom stereocenters. The highest BCUT2D eigenvalue weighted by Crippen LogP contribution is 2.33. The van der Waals surface area contributed by atoms with E-state index in [0.717, 1.165) is 12.2 Å². The Hall–Kier alpha value is -1.50. The van der Waals surface area contributed by atoms with E-state index < -0.39 is 5.97 Å². The summed E-state index contributed by atoms with van der Waals surface area (Å²) in [5.41, 5.74) is 0.00278. The summed E-state index contributed by atoms with van der Waals surface area (Å²) in [4.78, 5) is 11.2. The van der Waals surface area contributed by atoms with Crippen molar-refractivity contribution < 1.29 is 14.6 Å². The van der Waals surface area contributed by atoms with Crippen LogP contribution in [0.4, 0.5) is 0 Å². The van der Waals surface area contributed by atoms with Gasteiger partial charge in [0.25, 0.3) is 0 Å². The predicted octanol–water partition coefficient (Wildman–Crippen LogP) is 2.02. The SMILES string of the molecule is CC1CC(c2nnnn2C(CC(=O)O)CC(C)(C)C)CO1. The van der Waals surface area contributed by atoms with Crippen LogP contribution < -0.4 is 0 Å². The second-order valence-electron chi connectivity index (χ2n) is 7.07. The number of carboxylic acid groups (broad SMARTS) is 1. The number of ether oxygens (including phenoxy) is 1. The third-order valence-electron chi connectivity index (χ3n) is 3.69. The number of carboxylic acids is 1. The highest BCUT2D eigenvalue weighted by Gasteiger charge is 2.32. The van der Waals surface area contributed by atoms with Gasteiger partial charge in [0.1, 0.15) is 0 Å². The van der Waals surface area contributed by atoms with E-state index in [1.54, 1.807) is 4.68 Å². The molecule has 1 aliphatic rings. The molecule has 0 spiro atoms. The fraction of sp³-hybridized carbons (Fsp3) is 0.857. The van der Waals surface area contributed by atoms with E-state index >= 15 is 0 Å². The molecule has 7 heteroatoms. The summed E-state index contributed by atoms with van der Waals surface area (Å²) < 4.78 is 7.28. The topological polar surface area (TPSA) is 90.1 Å². The van der Waals surface area contributed by atoms with Crippen LogP contribution in [0.2, 0.25) is 0 Å². The lowest BCUT2D eigenvalue weighted by atomic mass is 9.87. The Morgan fingerprint density at radius 3 is 2.76 bits per heavy atom. The molecule has 1 aromatic rings. The lowest BCUT2D eigenvalue weighted by Crippen LogP contribution is -2.24. The third-order valence-corrected chi connectivity index (χ3v) is 3.69. The smallest absolute Gasteiger partial charge is 0.305 e. The second-order valence-corrected chi connectivity index (χ2v) is 7.07. The first-order valence-corrected chi connectivity index (χ1v) is 7.37. The molecular weight excluding hydrogens is 272 g/mol. The van der Waals surface area contributed by atoms with Crippen LogP contribution in [0.5, 0.6) is 0 Å². The maximum atomic E-state index is 11.2. The molecule has 1 N–H and O–H groups in total. The normalized spacial score (nSPS) is 24.2. The lowest BCUT2D eigenvalue weighted by Gasteiger charge is -2.26. The molecule has 118 valence electrons. The number of carbonyl (C=O) groups is 1. The first-order valence-electron chi connectivity index (χ1n) is 7.37. The van der Waals surface area contributed by atoms with Gasteiger partial charge >= 0.3 is 5.97 Å². The molecule has 1 saturated heterocycles. The van der Waals surface area contributed by atoms with Gasteiger partial charge in [-0.05, 0) is 35.6 Å². The highest BCUT2D eigenvalue weighted by molar-refractivity contribution is 5.67. The van der Waals surface area contributed by atoms with Crippen LogP contribution in [0, 0.1) is 5.41 Å². The second kappa shape index (κ2) is 6.09. The van der Waals surface area contributed by atoms with E-state index in [4.69, 9.17) is 4.74 Å². The molecule has 0 radical (unpaired) electrons. The van der Waals surface area contributed by atoms with Gasteiger partial charge in [0.15, 0.2) is 5.82 Å². The summed E-state index contributed by atoms with van der Waals surface area (Å²) in [6, 6.07) is -0.233. The molecule has 0 bridgehead atoms. The Morgan fingerprint density at radius 2 is 2.24 bits per heavy atom. The molecule has 1 aromatic heterocycles. The first kappa shape index (κ1) is 15.9. The average molecular weight is 296 g/mol. The summed E-state index contributed by atoms with van der Waals surface area (Å²) in [5, 5.41) is 21.1. The van der Waals surface area contributed by atoms with Gasteiger partial charge in [0.05, 0.1) is 25.2 Å². The molecule has 21 heavy (non-hydrogen) atoms. The molecule has 1 fully saturated rings. The minimum absolute atomic E-state index is 0.00278. The number of tetrazole rings is 1. The monoisotopic (exact) mass is 296 g/mol. The van der Waals surface area contributed by atoms with Crippen LogP contribution in [0.15, 0.2) is 0 Å². The van der Waals surface area contributed by atoms with Crippen molar-refractivity contribution in [3.05, 3.63) is 5.82 Å². The van der Waals surface area contributed by atoms with Crippen LogP contribution in [0.3, 0.4) is 0 Å². The number of nitrogens with zero attached hydrogens (tertiary/aromatic N) is 4. The number of rotatable bonds is 5. The lowest BCUT2D eigenvalue weighted by molar-refractivity contribution is -0.138. The van der Waals surface area contributed by atoms with Crippen molar-refractivity contribution >= 4 is 5.97 Å². The summed E-state index contributed by atoms with van der Waals surface area (Å²) in [5.74, 6) is 0.0582. The maximum absolute atomic E-state index is 11.2. The van der Waals surface area contributed by atoms with Crippen LogP contribution in [0.25, 0.3) is 0 Å².